The first-order chi connectivity index (χ1) is 8.74. The second kappa shape index (κ2) is 5.34. The first kappa shape index (κ1) is 12.1. The zero-order valence-corrected chi connectivity index (χ0v) is 10.0. The van der Waals surface area contributed by atoms with E-state index in [1.807, 2.05) is 6.92 Å². The van der Waals surface area contributed by atoms with Crippen molar-refractivity contribution in [3.05, 3.63) is 17.6 Å². The summed E-state index contributed by atoms with van der Waals surface area (Å²) < 4.78 is 11.4. The molecule has 0 unspecified atom stereocenters. The summed E-state index contributed by atoms with van der Waals surface area (Å²) in [4.78, 5) is 11.5. The molecule has 2 aromatic rings. The van der Waals surface area contributed by atoms with Crippen molar-refractivity contribution in [2.45, 2.75) is 26.8 Å². The lowest BCUT2D eigenvalue weighted by molar-refractivity contribution is 0.0504. The van der Waals surface area contributed by atoms with Gasteiger partial charge in [0, 0.05) is 6.42 Å². The summed E-state index contributed by atoms with van der Waals surface area (Å²) in [5.74, 6) is 0.284. The van der Waals surface area contributed by atoms with E-state index in [2.05, 4.69) is 25.7 Å². The molecule has 9 nitrogen and oxygen atoms in total. The molecule has 2 aromatic heterocycles. The fourth-order valence-electron chi connectivity index (χ4n) is 1.28. The molecule has 0 N–H and O–H groups in total. The molecule has 0 amide bonds. The van der Waals surface area contributed by atoms with E-state index in [-0.39, 0.29) is 19.0 Å². The Bertz CT molecular complexity index is 534. The molecular weight excluding hydrogens is 240 g/mol. The molecule has 2 rings (SSSR count). The highest BCUT2D eigenvalue weighted by atomic mass is 16.5. The molecule has 0 spiro atoms. The maximum atomic E-state index is 11.5. The number of ether oxygens (including phenoxy) is 1. The smallest absolute Gasteiger partial charge is 0.378 e. The second-order valence-corrected chi connectivity index (χ2v) is 3.32. The fraction of sp³-hybridized carbons (Fsp3) is 0.556. The molecule has 0 atom stereocenters. The lowest BCUT2D eigenvalue weighted by Crippen LogP contribution is -2.15. The third kappa shape index (κ3) is 2.50. The van der Waals surface area contributed by atoms with Crippen molar-refractivity contribution in [3.63, 3.8) is 0 Å². The van der Waals surface area contributed by atoms with Crippen molar-refractivity contribution in [1.29, 1.82) is 0 Å². The maximum absolute atomic E-state index is 11.5. The number of aryl methyl sites for hydroxylation is 1. The van der Waals surface area contributed by atoms with Crippen molar-refractivity contribution in [1.82, 2.24) is 30.4 Å². The van der Waals surface area contributed by atoms with Crippen LogP contribution >= 0.6 is 0 Å². The molecule has 0 bridgehead atoms. The highest BCUT2D eigenvalue weighted by Crippen LogP contribution is 2.04. The van der Waals surface area contributed by atoms with Crippen molar-refractivity contribution in [2.24, 2.45) is 0 Å². The zero-order valence-electron chi connectivity index (χ0n) is 10.0. The van der Waals surface area contributed by atoms with Crippen LogP contribution in [-0.4, -0.2) is 43.0 Å². The number of hydrogen-bond donors (Lipinski definition) is 0. The number of carbonyl (C=O) groups is 1. The van der Waals surface area contributed by atoms with Gasteiger partial charge in [-0.05, 0) is 17.4 Å². The second-order valence-electron chi connectivity index (χ2n) is 3.32. The third-order valence-electron chi connectivity index (χ3n) is 2.09. The van der Waals surface area contributed by atoms with Crippen molar-refractivity contribution < 1.29 is 13.9 Å². The lowest BCUT2D eigenvalue weighted by atomic mass is 10.5. The van der Waals surface area contributed by atoms with Gasteiger partial charge in [-0.25, -0.2) is 9.48 Å². The first-order valence-corrected chi connectivity index (χ1v) is 5.49. The molecule has 0 aliphatic rings. The van der Waals surface area contributed by atoms with Crippen LogP contribution in [0.1, 0.15) is 36.2 Å². The van der Waals surface area contributed by atoms with Crippen LogP contribution in [0.3, 0.4) is 0 Å². The molecule has 96 valence electrons. The molecule has 0 radical (unpaired) electrons. The van der Waals surface area contributed by atoms with Crippen LogP contribution in [0, 0.1) is 0 Å². The molecule has 0 saturated carbocycles. The van der Waals surface area contributed by atoms with Crippen LogP contribution in [0.2, 0.25) is 0 Å². The summed E-state index contributed by atoms with van der Waals surface area (Å²) in [6.45, 7) is 4.00. The van der Waals surface area contributed by atoms with Gasteiger partial charge in [0.15, 0.2) is 0 Å². The quantitative estimate of drug-likeness (QED) is 0.675. The molecule has 0 fully saturated rings. The number of tetrazole rings is 1. The third-order valence-corrected chi connectivity index (χ3v) is 2.09. The van der Waals surface area contributed by atoms with Crippen molar-refractivity contribution >= 4 is 5.97 Å². The topological polar surface area (TPSA) is 109 Å². The Morgan fingerprint density at radius 2 is 2.06 bits per heavy atom. The van der Waals surface area contributed by atoms with Crippen LogP contribution in [-0.2, 0) is 17.7 Å². The standard InChI is InChI=1S/C9H12N6O3/c1-3-6-10-11-7(18-6)5-15-8(12-13-14-15)9(16)17-4-2/h3-5H2,1-2H3. The average molecular weight is 252 g/mol. The predicted molar refractivity (Wildman–Crippen MR) is 56.6 cm³/mol. The molecule has 0 aromatic carbocycles. The van der Waals surface area contributed by atoms with Gasteiger partial charge in [0.05, 0.1) is 6.61 Å². The minimum atomic E-state index is -0.585. The molecular formula is C9H12N6O3. The van der Waals surface area contributed by atoms with E-state index in [1.165, 1.54) is 4.68 Å². The van der Waals surface area contributed by atoms with E-state index in [0.29, 0.717) is 18.2 Å². The number of nitrogens with zero attached hydrogens (tertiary/aromatic N) is 6. The van der Waals surface area contributed by atoms with Gasteiger partial charge < -0.3 is 9.15 Å². The Labute approximate surface area is 102 Å². The maximum Gasteiger partial charge on any atom is 0.378 e. The first-order valence-electron chi connectivity index (χ1n) is 5.49. The monoisotopic (exact) mass is 252 g/mol. The van der Waals surface area contributed by atoms with Gasteiger partial charge in [-0.15, -0.1) is 15.3 Å². The van der Waals surface area contributed by atoms with Crippen LogP contribution in [0.5, 0.6) is 0 Å². The van der Waals surface area contributed by atoms with Gasteiger partial charge in [-0.1, -0.05) is 6.92 Å². The van der Waals surface area contributed by atoms with Crippen LogP contribution < -0.4 is 0 Å². The summed E-state index contributed by atoms with van der Waals surface area (Å²) in [5.41, 5.74) is 0. The zero-order chi connectivity index (χ0) is 13.0. The lowest BCUT2D eigenvalue weighted by Gasteiger charge is -2.00. The van der Waals surface area contributed by atoms with Crippen LogP contribution in [0.4, 0.5) is 0 Å². The summed E-state index contributed by atoms with van der Waals surface area (Å²) in [7, 11) is 0. The van der Waals surface area contributed by atoms with E-state index in [4.69, 9.17) is 9.15 Å². The highest BCUT2D eigenvalue weighted by molar-refractivity contribution is 5.85. The van der Waals surface area contributed by atoms with Crippen LogP contribution in [0.15, 0.2) is 4.42 Å². The number of hydrogen-bond acceptors (Lipinski definition) is 8. The van der Waals surface area contributed by atoms with E-state index in [0.717, 1.165) is 0 Å². The van der Waals surface area contributed by atoms with Crippen molar-refractivity contribution in [3.8, 4) is 0 Å². The summed E-state index contributed by atoms with van der Waals surface area (Å²) in [6.07, 6.45) is 0.646. The number of aromatic nitrogens is 6. The van der Waals surface area contributed by atoms with Gasteiger partial charge in [0.2, 0.25) is 11.8 Å². The normalized spacial score (nSPS) is 10.6. The van der Waals surface area contributed by atoms with Gasteiger partial charge >= 0.3 is 5.97 Å². The van der Waals surface area contributed by atoms with E-state index >= 15 is 0 Å². The number of carbonyl (C=O) groups excluding carboxylic acids is 1. The highest BCUT2D eigenvalue weighted by Gasteiger charge is 2.18. The molecule has 2 heterocycles. The molecule has 9 heteroatoms. The van der Waals surface area contributed by atoms with Crippen LogP contribution in [0.25, 0.3) is 0 Å². The Morgan fingerprint density at radius 3 is 2.72 bits per heavy atom. The van der Waals surface area contributed by atoms with Crippen molar-refractivity contribution in [2.75, 3.05) is 6.61 Å². The van der Waals surface area contributed by atoms with Gasteiger partial charge in [-0.2, -0.15) is 0 Å². The van der Waals surface area contributed by atoms with Gasteiger partial charge in [-0.3, -0.25) is 0 Å². The summed E-state index contributed by atoms with van der Waals surface area (Å²) >= 11 is 0. The Balaban J connectivity index is 2.14. The van der Waals surface area contributed by atoms with Gasteiger partial charge in [0.1, 0.15) is 6.54 Å². The number of rotatable bonds is 5. The molecule has 0 aliphatic heterocycles. The summed E-state index contributed by atoms with van der Waals surface area (Å²) in [5, 5.41) is 18.3. The Hall–Kier alpha value is -2.32. The predicted octanol–water partition coefficient (Wildman–Crippen LogP) is -0.157. The van der Waals surface area contributed by atoms with E-state index in [9.17, 15) is 4.79 Å². The Kier molecular flexibility index (Phi) is 3.60. The minimum Gasteiger partial charge on any atom is -0.460 e. The van der Waals surface area contributed by atoms with E-state index < -0.39 is 5.97 Å². The SMILES string of the molecule is CCOC(=O)c1nnnn1Cc1nnc(CC)o1. The molecule has 0 aliphatic carbocycles. The Morgan fingerprint density at radius 1 is 1.28 bits per heavy atom. The minimum absolute atomic E-state index is 0.00750. The fourth-order valence-corrected chi connectivity index (χ4v) is 1.28. The van der Waals surface area contributed by atoms with E-state index in [1.54, 1.807) is 6.92 Å². The average Bonchev–Trinajstić information content (AvgIpc) is 2.99. The van der Waals surface area contributed by atoms with Gasteiger partial charge in [0.25, 0.3) is 5.82 Å². The molecule has 0 saturated heterocycles. The number of esters is 1. The molecule has 18 heavy (non-hydrogen) atoms. The summed E-state index contributed by atoms with van der Waals surface area (Å²) in [6, 6.07) is 0. The largest absolute Gasteiger partial charge is 0.460 e.